The highest BCUT2D eigenvalue weighted by molar-refractivity contribution is 6.18. The lowest BCUT2D eigenvalue weighted by Crippen LogP contribution is -2.31. The van der Waals surface area contributed by atoms with Crippen molar-refractivity contribution in [3.05, 3.63) is 18.7 Å². The van der Waals surface area contributed by atoms with Crippen LogP contribution in [0.3, 0.4) is 0 Å². The van der Waals surface area contributed by atoms with E-state index in [9.17, 15) is 8.78 Å². The fourth-order valence-corrected chi connectivity index (χ4v) is 1.72. The zero-order valence-corrected chi connectivity index (χ0v) is 9.56. The maximum Gasteiger partial charge on any atom is 0.255 e. The van der Waals surface area contributed by atoms with Crippen molar-refractivity contribution in [3.8, 4) is 0 Å². The molecule has 0 radical (unpaired) electrons. The van der Waals surface area contributed by atoms with Crippen molar-refractivity contribution in [2.75, 3.05) is 23.9 Å². The number of aromatic nitrogens is 4. The van der Waals surface area contributed by atoms with Gasteiger partial charge in [0.05, 0.1) is 6.54 Å². The Labute approximate surface area is 101 Å². The lowest BCUT2D eigenvalue weighted by molar-refractivity contribution is 0.155. The van der Waals surface area contributed by atoms with E-state index in [4.69, 9.17) is 11.6 Å². The predicted octanol–water partition coefficient (Wildman–Crippen LogP) is 1.43. The van der Waals surface area contributed by atoms with Crippen molar-refractivity contribution in [1.29, 1.82) is 0 Å². The Bertz CT molecular complexity index is 489. The molecule has 2 rings (SSSR count). The molecule has 0 saturated carbocycles. The summed E-state index contributed by atoms with van der Waals surface area (Å²) in [5, 5.41) is 7.56. The van der Waals surface area contributed by atoms with Crippen LogP contribution in [0.5, 0.6) is 0 Å². The summed E-state index contributed by atoms with van der Waals surface area (Å²) in [6.07, 6.45) is 2.20. The number of anilines is 1. The second-order valence-corrected chi connectivity index (χ2v) is 3.72. The fourth-order valence-electron chi connectivity index (χ4n) is 1.52. The highest BCUT2D eigenvalue weighted by Crippen LogP contribution is 2.17. The third kappa shape index (κ3) is 2.60. The Kier molecular flexibility index (Phi) is 3.68. The van der Waals surface area contributed by atoms with Crippen LogP contribution in [0.15, 0.2) is 18.7 Å². The maximum absolute atomic E-state index is 12.5. The Morgan fingerprint density at radius 1 is 1.47 bits per heavy atom. The molecule has 0 amide bonds. The number of nitrogens with zero attached hydrogens (tertiary/aromatic N) is 5. The number of hydrogen-bond acceptors (Lipinski definition) is 4. The van der Waals surface area contributed by atoms with Crippen molar-refractivity contribution in [1.82, 2.24) is 19.6 Å². The molecule has 5 nitrogen and oxygen atoms in total. The van der Waals surface area contributed by atoms with Gasteiger partial charge in [0, 0.05) is 24.8 Å². The number of rotatable bonds is 5. The van der Waals surface area contributed by atoms with Crippen molar-refractivity contribution in [2.45, 2.75) is 6.43 Å². The predicted molar refractivity (Wildman–Crippen MR) is 59.7 cm³/mol. The molecule has 0 aliphatic heterocycles. The second-order valence-electron chi connectivity index (χ2n) is 3.34. The molecule has 2 aromatic heterocycles. The van der Waals surface area contributed by atoms with Gasteiger partial charge >= 0.3 is 0 Å². The minimum atomic E-state index is -2.46. The summed E-state index contributed by atoms with van der Waals surface area (Å²) in [5.41, 5.74) is 0.443. The Morgan fingerprint density at radius 3 is 3.00 bits per heavy atom. The fraction of sp³-hybridized carbons (Fsp3) is 0.444. The zero-order valence-electron chi connectivity index (χ0n) is 8.80. The summed E-state index contributed by atoms with van der Waals surface area (Å²) < 4.78 is 26.5. The minimum absolute atomic E-state index is 0.240. The van der Waals surface area contributed by atoms with Gasteiger partial charge in [-0.3, -0.25) is 4.40 Å². The van der Waals surface area contributed by atoms with Crippen LogP contribution >= 0.6 is 11.6 Å². The van der Waals surface area contributed by atoms with E-state index in [1.807, 2.05) is 0 Å². The molecule has 0 aromatic carbocycles. The van der Waals surface area contributed by atoms with Gasteiger partial charge in [0.2, 0.25) is 5.65 Å². The van der Waals surface area contributed by atoms with E-state index in [0.29, 0.717) is 11.5 Å². The summed E-state index contributed by atoms with van der Waals surface area (Å²) in [4.78, 5) is 5.47. The number of fused-ring (bicyclic) bond motifs is 1. The maximum atomic E-state index is 12.5. The molecule has 0 unspecified atom stereocenters. The van der Waals surface area contributed by atoms with Crippen LogP contribution in [-0.2, 0) is 0 Å². The summed E-state index contributed by atoms with van der Waals surface area (Å²) in [6, 6.07) is 0. The SMILES string of the molecule is FC(F)CN(CCCl)c1nccn2cnnc12. The quantitative estimate of drug-likeness (QED) is 0.764. The Hall–Kier alpha value is -1.50. The Morgan fingerprint density at radius 2 is 2.29 bits per heavy atom. The van der Waals surface area contributed by atoms with Gasteiger partial charge in [-0.2, -0.15) is 0 Å². The van der Waals surface area contributed by atoms with Gasteiger partial charge in [0.25, 0.3) is 6.43 Å². The minimum Gasteiger partial charge on any atom is -0.347 e. The first-order valence-corrected chi connectivity index (χ1v) is 5.49. The van der Waals surface area contributed by atoms with E-state index in [2.05, 4.69) is 15.2 Å². The Balaban J connectivity index is 2.36. The van der Waals surface area contributed by atoms with Gasteiger partial charge in [-0.15, -0.1) is 21.8 Å². The lowest BCUT2D eigenvalue weighted by atomic mass is 10.4. The standard InChI is InChI=1S/C9H10ClF2N5/c10-1-3-16(5-7(11)12)8-9-15-14-6-17(9)4-2-13-8/h2,4,6-7H,1,3,5H2. The van der Waals surface area contributed by atoms with Crippen molar-refractivity contribution < 1.29 is 8.78 Å². The third-order valence-electron chi connectivity index (χ3n) is 2.21. The average Bonchev–Trinajstić information content (AvgIpc) is 2.75. The van der Waals surface area contributed by atoms with Crippen molar-refractivity contribution in [2.24, 2.45) is 0 Å². The largest absolute Gasteiger partial charge is 0.347 e. The molecule has 0 bridgehead atoms. The van der Waals surface area contributed by atoms with Gasteiger partial charge in [-0.05, 0) is 0 Å². The number of alkyl halides is 3. The zero-order chi connectivity index (χ0) is 12.3. The molecule has 8 heteroatoms. The van der Waals surface area contributed by atoms with Crippen molar-refractivity contribution in [3.63, 3.8) is 0 Å². The molecule has 17 heavy (non-hydrogen) atoms. The first kappa shape index (κ1) is 12.0. The molecule has 0 aliphatic carbocycles. The third-order valence-corrected chi connectivity index (χ3v) is 2.38. The lowest BCUT2D eigenvalue weighted by Gasteiger charge is -2.21. The topological polar surface area (TPSA) is 46.3 Å². The number of halogens is 3. The molecule has 92 valence electrons. The van der Waals surface area contributed by atoms with Crippen molar-refractivity contribution >= 4 is 23.1 Å². The molecular formula is C9H10ClF2N5. The highest BCUT2D eigenvalue weighted by atomic mass is 35.5. The first-order valence-electron chi connectivity index (χ1n) is 4.95. The summed E-state index contributed by atoms with van der Waals surface area (Å²) in [6.45, 7) is -0.141. The van der Waals surface area contributed by atoms with Crippen LogP contribution < -0.4 is 4.90 Å². The van der Waals surface area contributed by atoms with Gasteiger partial charge < -0.3 is 4.90 Å². The van der Waals surface area contributed by atoms with Crippen LogP contribution in [0.4, 0.5) is 14.6 Å². The van der Waals surface area contributed by atoms with Gasteiger partial charge in [-0.25, -0.2) is 13.8 Å². The van der Waals surface area contributed by atoms with E-state index in [1.165, 1.54) is 17.4 Å². The highest BCUT2D eigenvalue weighted by Gasteiger charge is 2.17. The number of hydrogen-bond donors (Lipinski definition) is 0. The summed E-state index contributed by atoms with van der Waals surface area (Å²) in [5.74, 6) is 0.606. The van der Waals surface area contributed by atoms with E-state index < -0.39 is 13.0 Å². The van der Waals surface area contributed by atoms with Gasteiger partial charge in [0.1, 0.15) is 6.33 Å². The average molecular weight is 262 g/mol. The summed E-state index contributed by atoms with van der Waals surface area (Å²) >= 11 is 5.60. The van der Waals surface area contributed by atoms with Crippen LogP contribution in [0.1, 0.15) is 0 Å². The smallest absolute Gasteiger partial charge is 0.255 e. The van der Waals surface area contributed by atoms with Crippen LogP contribution in [-0.4, -0.2) is 45.0 Å². The molecule has 0 atom stereocenters. The molecule has 0 N–H and O–H groups in total. The first-order chi connectivity index (χ1) is 8.22. The molecule has 0 spiro atoms. The molecule has 0 saturated heterocycles. The molecule has 0 aliphatic rings. The van der Waals surface area contributed by atoms with Gasteiger partial charge in [-0.1, -0.05) is 0 Å². The second kappa shape index (κ2) is 5.22. The van der Waals surface area contributed by atoms with E-state index in [0.717, 1.165) is 0 Å². The van der Waals surface area contributed by atoms with Gasteiger partial charge in [0.15, 0.2) is 5.82 Å². The van der Waals surface area contributed by atoms with Crippen LogP contribution in [0.25, 0.3) is 5.65 Å². The van der Waals surface area contributed by atoms with Crippen LogP contribution in [0.2, 0.25) is 0 Å². The van der Waals surface area contributed by atoms with E-state index >= 15 is 0 Å². The van der Waals surface area contributed by atoms with E-state index in [-0.39, 0.29) is 12.4 Å². The monoisotopic (exact) mass is 261 g/mol. The van der Waals surface area contributed by atoms with Crippen LogP contribution in [0, 0.1) is 0 Å². The molecule has 2 aromatic rings. The molecule has 2 heterocycles. The molecule has 0 fully saturated rings. The van der Waals surface area contributed by atoms with E-state index in [1.54, 1.807) is 10.6 Å². The normalized spacial score (nSPS) is 11.3. The summed E-state index contributed by atoms with van der Waals surface area (Å²) in [7, 11) is 0. The molecular weight excluding hydrogens is 252 g/mol.